The third kappa shape index (κ3) is 3.56. The molecule has 1 heterocycles. The number of benzene rings is 3. The summed E-state index contributed by atoms with van der Waals surface area (Å²) in [6, 6.07) is 22.5. The van der Waals surface area contributed by atoms with Crippen molar-refractivity contribution in [2.24, 2.45) is 17.8 Å². The van der Waals surface area contributed by atoms with Crippen LogP contribution in [0.1, 0.15) is 53.5 Å². The highest BCUT2D eigenvalue weighted by molar-refractivity contribution is 5.62. The van der Waals surface area contributed by atoms with Gasteiger partial charge in [0.15, 0.2) is 0 Å². The number of ether oxygens (including phenoxy) is 1. The largest absolute Gasteiger partial charge is 0.489 e. The van der Waals surface area contributed by atoms with Gasteiger partial charge in [0.05, 0.1) is 11.0 Å². The zero-order valence-corrected chi connectivity index (χ0v) is 18.7. The predicted molar refractivity (Wildman–Crippen MR) is 128 cm³/mol. The van der Waals surface area contributed by atoms with Crippen LogP contribution in [0.15, 0.2) is 66.7 Å². The first-order valence-corrected chi connectivity index (χ1v) is 11.9. The molecule has 1 aliphatic heterocycles. The number of nitro benzene ring substituents is 1. The first kappa shape index (κ1) is 20.3. The van der Waals surface area contributed by atoms with Gasteiger partial charge in [-0.25, -0.2) is 0 Å². The van der Waals surface area contributed by atoms with E-state index in [2.05, 4.69) is 60.8 Å². The van der Waals surface area contributed by atoms with E-state index in [4.69, 9.17) is 4.74 Å². The standard InChI is InChI=1S/C28H28N2O3/c1-17-2-4-18(5-3-17)16-33-23-11-8-19(9-12-23)28-27-21-7-6-20(14-21)26(27)24-15-22(30(31)32)10-13-25(24)29-28/h2-5,8-13,15,20-21,26-29H,6-7,14,16H2,1H3/t20-,21-,26+,27-,28-/m0/s1. The molecule has 6 rings (SSSR count). The number of nitrogens with one attached hydrogen (secondary N) is 1. The Morgan fingerprint density at radius 2 is 1.76 bits per heavy atom. The van der Waals surface area contributed by atoms with Crippen LogP contribution in [0.25, 0.3) is 0 Å². The highest BCUT2D eigenvalue weighted by Crippen LogP contribution is 2.63. The minimum atomic E-state index is -0.274. The van der Waals surface area contributed by atoms with Gasteiger partial charge in [-0.05, 0) is 84.7 Å². The number of fused-ring (bicyclic) bond motifs is 7. The summed E-state index contributed by atoms with van der Waals surface area (Å²) in [5.74, 6) is 3.08. The van der Waals surface area contributed by atoms with E-state index < -0.39 is 0 Å². The summed E-state index contributed by atoms with van der Waals surface area (Å²) in [7, 11) is 0. The summed E-state index contributed by atoms with van der Waals surface area (Å²) in [4.78, 5) is 11.1. The van der Waals surface area contributed by atoms with Gasteiger partial charge in [-0.2, -0.15) is 0 Å². The van der Waals surface area contributed by atoms with Crippen molar-refractivity contribution in [1.82, 2.24) is 0 Å². The number of aryl methyl sites for hydroxylation is 1. The second kappa shape index (κ2) is 7.91. The van der Waals surface area contributed by atoms with Gasteiger partial charge in [0.25, 0.3) is 5.69 Å². The highest BCUT2D eigenvalue weighted by atomic mass is 16.6. The SMILES string of the molecule is Cc1ccc(COc2ccc([C@@H]3Nc4ccc([N+](=O)[O-])cc4[C@H]4[C@H]5CC[C@@H](C5)[C@@H]43)cc2)cc1. The van der Waals surface area contributed by atoms with E-state index in [1.54, 1.807) is 6.07 Å². The first-order valence-electron chi connectivity index (χ1n) is 11.9. The lowest BCUT2D eigenvalue weighted by Crippen LogP contribution is -2.35. The predicted octanol–water partition coefficient (Wildman–Crippen LogP) is 6.78. The fourth-order valence-corrected chi connectivity index (χ4v) is 6.54. The van der Waals surface area contributed by atoms with Crippen LogP contribution >= 0.6 is 0 Å². The molecule has 5 heteroatoms. The number of nitrogens with zero attached hydrogens (tertiary/aromatic N) is 1. The van der Waals surface area contributed by atoms with Crippen molar-refractivity contribution in [3.05, 3.63) is 99.1 Å². The summed E-state index contributed by atoms with van der Waals surface area (Å²) in [5.41, 5.74) is 6.08. The van der Waals surface area contributed by atoms with E-state index in [9.17, 15) is 10.1 Å². The molecule has 1 N–H and O–H groups in total. The van der Waals surface area contributed by atoms with Crippen LogP contribution in [0, 0.1) is 34.8 Å². The fraction of sp³-hybridized carbons (Fsp3) is 0.357. The monoisotopic (exact) mass is 440 g/mol. The van der Waals surface area contributed by atoms with E-state index in [0.717, 1.165) is 22.6 Å². The van der Waals surface area contributed by atoms with Gasteiger partial charge in [0, 0.05) is 17.8 Å². The normalized spacial score (nSPS) is 26.9. The van der Waals surface area contributed by atoms with E-state index in [0.29, 0.717) is 30.3 Å². The second-order valence-corrected chi connectivity index (χ2v) is 9.93. The van der Waals surface area contributed by atoms with Crippen LogP contribution < -0.4 is 10.1 Å². The third-order valence-corrected chi connectivity index (χ3v) is 8.05. The molecule has 0 radical (unpaired) electrons. The Balaban J connectivity index is 1.25. The van der Waals surface area contributed by atoms with E-state index >= 15 is 0 Å². The molecule has 3 aliphatic rings. The van der Waals surface area contributed by atoms with E-state index in [1.165, 1.54) is 30.4 Å². The van der Waals surface area contributed by atoms with Gasteiger partial charge in [-0.15, -0.1) is 0 Å². The molecule has 33 heavy (non-hydrogen) atoms. The molecule has 2 saturated carbocycles. The van der Waals surface area contributed by atoms with Gasteiger partial charge in [-0.3, -0.25) is 10.1 Å². The maximum absolute atomic E-state index is 11.4. The van der Waals surface area contributed by atoms with Gasteiger partial charge < -0.3 is 10.1 Å². The summed E-state index contributed by atoms with van der Waals surface area (Å²) >= 11 is 0. The summed E-state index contributed by atoms with van der Waals surface area (Å²) in [5, 5.41) is 15.1. The maximum Gasteiger partial charge on any atom is 0.269 e. The van der Waals surface area contributed by atoms with E-state index in [1.807, 2.05) is 12.1 Å². The molecule has 0 saturated heterocycles. The Morgan fingerprint density at radius 1 is 1.00 bits per heavy atom. The van der Waals surface area contributed by atoms with Crippen molar-refractivity contribution < 1.29 is 9.66 Å². The lowest BCUT2D eigenvalue weighted by Gasteiger charge is -2.43. The first-order chi connectivity index (χ1) is 16.1. The zero-order chi connectivity index (χ0) is 22.5. The van der Waals surface area contributed by atoms with Crippen LogP contribution in [-0.4, -0.2) is 4.92 Å². The zero-order valence-electron chi connectivity index (χ0n) is 18.7. The average molecular weight is 441 g/mol. The van der Waals surface area contributed by atoms with Gasteiger partial charge in [-0.1, -0.05) is 42.0 Å². The molecule has 3 aromatic rings. The van der Waals surface area contributed by atoms with Crippen molar-refractivity contribution in [2.45, 2.75) is 44.8 Å². The van der Waals surface area contributed by atoms with Crippen molar-refractivity contribution in [3.8, 4) is 5.75 Å². The van der Waals surface area contributed by atoms with E-state index in [-0.39, 0.29) is 16.7 Å². The molecule has 0 aromatic heterocycles. The Kier molecular flexibility index (Phi) is 4.86. The van der Waals surface area contributed by atoms with Crippen molar-refractivity contribution in [3.63, 3.8) is 0 Å². The fourth-order valence-electron chi connectivity index (χ4n) is 6.54. The number of nitro groups is 1. The minimum absolute atomic E-state index is 0.200. The van der Waals surface area contributed by atoms with Crippen LogP contribution in [0.3, 0.4) is 0 Å². The summed E-state index contributed by atoms with van der Waals surface area (Å²) < 4.78 is 6.02. The molecule has 5 nitrogen and oxygen atoms in total. The Labute approximate surface area is 193 Å². The lowest BCUT2D eigenvalue weighted by atomic mass is 9.68. The molecule has 168 valence electrons. The number of non-ortho nitro benzene ring substituents is 1. The molecule has 0 unspecified atom stereocenters. The quantitative estimate of drug-likeness (QED) is 0.351. The molecule has 5 atom stereocenters. The van der Waals surface area contributed by atoms with Crippen molar-refractivity contribution in [1.29, 1.82) is 0 Å². The second-order valence-electron chi connectivity index (χ2n) is 9.93. The van der Waals surface area contributed by atoms with Crippen LogP contribution in [-0.2, 0) is 6.61 Å². The van der Waals surface area contributed by atoms with Crippen LogP contribution in [0.5, 0.6) is 5.75 Å². The molecule has 2 fully saturated rings. The molecule has 0 amide bonds. The maximum atomic E-state index is 11.4. The van der Waals surface area contributed by atoms with Gasteiger partial charge in [0.1, 0.15) is 12.4 Å². The molecular formula is C28H28N2O3. The molecule has 3 aromatic carbocycles. The minimum Gasteiger partial charge on any atom is -0.489 e. The summed E-state index contributed by atoms with van der Waals surface area (Å²) in [6.07, 6.45) is 3.76. The highest BCUT2D eigenvalue weighted by Gasteiger charge is 2.54. The Bertz CT molecular complexity index is 1190. The van der Waals surface area contributed by atoms with Crippen molar-refractivity contribution in [2.75, 3.05) is 5.32 Å². The summed E-state index contributed by atoms with van der Waals surface area (Å²) in [6.45, 7) is 2.64. The third-order valence-electron chi connectivity index (χ3n) is 8.05. The average Bonchev–Trinajstić information content (AvgIpc) is 3.46. The number of hydrogen-bond acceptors (Lipinski definition) is 4. The number of hydrogen-bond donors (Lipinski definition) is 1. The molecule has 0 spiro atoms. The van der Waals surface area contributed by atoms with Crippen LogP contribution in [0.2, 0.25) is 0 Å². The molecule has 2 aliphatic carbocycles. The van der Waals surface area contributed by atoms with Gasteiger partial charge in [0.2, 0.25) is 0 Å². The smallest absolute Gasteiger partial charge is 0.269 e. The molecular weight excluding hydrogens is 412 g/mol. The lowest BCUT2D eigenvalue weighted by molar-refractivity contribution is -0.384. The number of rotatable bonds is 5. The Morgan fingerprint density at radius 3 is 2.52 bits per heavy atom. The topological polar surface area (TPSA) is 64.4 Å². The Hall–Kier alpha value is -3.34. The van der Waals surface area contributed by atoms with Crippen LogP contribution in [0.4, 0.5) is 11.4 Å². The molecule has 2 bridgehead atoms. The van der Waals surface area contributed by atoms with Crippen molar-refractivity contribution >= 4 is 11.4 Å². The number of anilines is 1. The van der Waals surface area contributed by atoms with Gasteiger partial charge >= 0.3 is 0 Å².